The van der Waals surface area contributed by atoms with Gasteiger partial charge in [0.1, 0.15) is 11.6 Å². The van der Waals surface area contributed by atoms with Gasteiger partial charge in [-0.1, -0.05) is 30.3 Å². The van der Waals surface area contributed by atoms with E-state index in [-0.39, 0.29) is 24.5 Å². The first-order chi connectivity index (χ1) is 27.3. The van der Waals surface area contributed by atoms with Crippen molar-refractivity contribution in [2.45, 2.75) is 51.0 Å². The first-order valence-electron chi connectivity index (χ1n) is 19.1. The Morgan fingerprint density at radius 1 is 0.661 bits per heavy atom. The highest BCUT2D eigenvalue weighted by molar-refractivity contribution is 5.67. The molecule has 0 spiro atoms. The van der Waals surface area contributed by atoms with Crippen LogP contribution in [0.2, 0.25) is 0 Å². The molecule has 10 heteroatoms. The molecule has 0 fully saturated rings. The van der Waals surface area contributed by atoms with E-state index in [0.29, 0.717) is 53.3 Å². The molecule has 4 heterocycles. The normalized spacial score (nSPS) is 17.8. The molecule has 0 N–H and O–H groups in total. The molecule has 9 rings (SSSR count). The number of halogens is 1. The molecule has 0 radical (unpaired) electrons. The Kier molecular flexibility index (Phi) is 10.8. The third-order valence-electron chi connectivity index (χ3n) is 11.5. The molecule has 0 aliphatic carbocycles. The maximum absolute atomic E-state index is 13.7. The first kappa shape index (κ1) is 37.6. The average molecular weight is 761 g/mol. The van der Waals surface area contributed by atoms with Crippen LogP contribution in [0.15, 0.2) is 78.9 Å². The molecule has 6 bridgehead atoms. The van der Waals surface area contributed by atoms with E-state index in [2.05, 4.69) is 60.3 Å². The Labute approximate surface area is 328 Å². The molecule has 0 unspecified atom stereocenters. The summed E-state index contributed by atoms with van der Waals surface area (Å²) < 4.78 is 58.0. The van der Waals surface area contributed by atoms with E-state index in [1.54, 1.807) is 40.6 Å². The molecule has 0 saturated heterocycles. The van der Waals surface area contributed by atoms with Crippen molar-refractivity contribution in [2.24, 2.45) is 0 Å². The second kappa shape index (κ2) is 16.1. The molecule has 292 valence electrons. The summed E-state index contributed by atoms with van der Waals surface area (Å²) in [7, 11) is 11.0. The third-order valence-corrected chi connectivity index (χ3v) is 11.5. The molecule has 4 aliphatic rings. The minimum Gasteiger partial charge on any atom is -0.493 e. The van der Waals surface area contributed by atoms with Crippen LogP contribution in [0.5, 0.6) is 46.0 Å². The van der Waals surface area contributed by atoms with Gasteiger partial charge in [-0.05, 0) is 122 Å². The lowest BCUT2D eigenvalue weighted by Gasteiger charge is -2.38. The minimum atomic E-state index is -0.282. The monoisotopic (exact) mass is 760 g/mol. The number of ether oxygens (including phenoxy) is 7. The van der Waals surface area contributed by atoms with Crippen molar-refractivity contribution < 1.29 is 37.5 Å². The quantitative estimate of drug-likeness (QED) is 0.154. The van der Waals surface area contributed by atoms with Gasteiger partial charge < -0.3 is 33.2 Å². The number of fused-ring (bicyclic) bond motifs is 2. The molecule has 56 heavy (non-hydrogen) atoms. The Morgan fingerprint density at radius 2 is 1.34 bits per heavy atom. The van der Waals surface area contributed by atoms with E-state index in [0.717, 1.165) is 65.9 Å². The molecule has 0 amide bonds. The fraction of sp³-hybridized carbons (Fsp3) is 0.348. The lowest BCUT2D eigenvalue weighted by molar-refractivity contribution is 0.103. The summed E-state index contributed by atoms with van der Waals surface area (Å²) in [5.74, 6) is 4.65. The summed E-state index contributed by atoms with van der Waals surface area (Å²) in [5, 5.41) is 0. The molecule has 5 aromatic rings. The summed E-state index contributed by atoms with van der Waals surface area (Å²) in [6.07, 6.45) is 3.07. The minimum absolute atomic E-state index is 0.110. The zero-order valence-electron chi connectivity index (χ0n) is 32.9. The smallest absolute Gasteiger partial charge is 0.204 e. The fourth-order valence-electron chi connectivity index (χ4n) is 8.51. The molecular formula is C46H49FN2O7. The highest BCUT2D eigenvalue weighted by atomic mass is 19.1. The van der Waals surface area contributed by atoms with Crippen LogP contribution in [-0.4, -0.2) is 65.4 Å². The number of rotatable bonds is 8. The van der Waals surface area contributed by atoms with Crippen LogP contribution < -0.4 is 28.4 Å². The maximum atomic E-state index is 13.7. The van der Waals surface area contributed by atoms with E-state index in [9.17, 15) is 4.39 Å². The molecule has 9 nitrogen and oxygen atoms in total. The molecular weight excluding hydrogens is 712 g/mol. The Hall–Kier alpha value is -5.29. The summed E-state index contributed by atoms with van der Waals surface area (Å²) in [4.78, 5) is 4.77. The predicted molar refractivity (Wildman–Crippen MR) is 213 cm³/mol. The van der Waals surface area contributed by atoms with Gasteiger partial charge in [-0.15, -0.1) is 0 Å². The molecule has 2 atom stereocenters. The average Bonchev–Trinajstić information content (AvgIpc) is 3.21. The van der Waals surface area contributed by atoms with E-state index >= 15 is 0 Å². The van der Waals surface area contributed by atoms with E-state index in [4.69, 9.17) is 33.2 Å². The second-order valence-corrected chi connectivity index (χ2v) is 14.8. The van der Waals surface area contributed by atoms with Gasteiger partial charge in [0.05, 0.1) is 41.7 Å². The van der Waals surface area contributed by atoms with Crippen molar-refractivity contribution in [3.8, 4) is 46.0 Å². The highest BCUT2D eigenvalue weighted by Crippen LogP contribution is 2.54. The van der Waals surface area contributed by atoms with Gasteiger partial charge >= 0.3 is 0 Å². The lowest BCUT2D eigenvalue weighted by Crippen LogP contribution is -2.35. The Morgan fingerprint density at radius 3 is 2.07 bits per heavy atom. The first-order valence-corrected chi connectivity index (χ1v) is 19.1. The number of hydrogen-bond acceptors (Lipinski definition) is 9. The van der Waals surface area contributed by atoms with Crippen LogP contribution in [0.3, 0.4) is 0 Å². The predicted octanol–water partition coefficient (Wildman–Crippen LogP) is 9.02. The number of benzene rings is 5. The van der Waals surface area contributed by atoms with Gasteiger partial charge in [0.15, 0.2) is 34.5 Å². The standard InChI is InChI=1S/C46H49FN2O7/c1-48-19-17-31-24-40(51-4)42-25-35(31)37(48)21-28-9-14-33(15-10-28)55-41-23-30(11-16-39(41)50-3)22-38-43-34(18-20-49(38)2)36(44(52-5)46(53-6)45(43)56-42)27-54-26-29-7-12-32(47)13-8-29/h7-16,23-25,37-38H,17-22,26-27H2,1-6H3/t37-,38-/m0/s1. The highest BCUT2D eigenvalue weighted by Gasteiger charge is 2.37. The van der Waals surface area contributed by atoms with Gasteiger partial charge in [-0.3, -0.25) is 9.80 Å². The van der Waals surface area contributed by atoms with Crippen LogP contribution in [0.4, 0.5) is 4.39 Å². The third kappa shape index (κ3) is 7.24. The number of hydrogen-bond donors (Lipinski definition) is 0. The van der Waals surface area contributed by atoms with Crippen LogP contribution in [0.25, 0.3) is 0 Å². The van der Waals surface area contributed by atoms with E-state index < -0.39 is 0 Å². The van der Waals surface area contributed by atoms with Crippen molar-refractivity contribution in [1.82, 2.24) is 9.80 Å². The van der Waals surface area contributed by atoms with Crippen LogP contribution in [-0.2, 0) is 43.6 Å². The molecule has 5 aromatic carbocycles. The fourth-order valence-corrected chi connectivity index (χ4v) is 8.51. The van der Waals surface area contributed by atoms with Crippen LogP contribution in [0, 0.1) is 5.82 Å². The molecule has 0 saturated carbocycles. The number of nitrogens with zero attached hydrogens (tertiary/aromatic N) is 2. The lowest BCUT2D eigenvalue weighted by atomic mass is 9.84. The Balaban J connectivity index is 1.33. The summed E-state index contributed by atoms with van der Waals surface area (Å²) >= 11 is 0. The Bertz CT molecular complexity index is 2210. The van der Waals surface area contributed by atoms with Crippen molar-refractivity contribution in [3.63, 3.8) is 0 Å². The summed E-state index contributed by atoms with van der Waals surface area (Å²) in [6, 6.07) is 25.1. The van der Waals surface area contributed by atoms with Gasteiger partial charge in [0.2, 0.25) is 5.75 Å². The van der Waals surface area contributed by atoms with Gasteiger partial charge in [0, 0.05) is 36.3 Å². The SMILES string of the molecule is COc1ccc2cc1Oc1ccc(cc1)C[C@H]1c3cc(c(OC)cc3CCN1C)Oc1c(OC)c(OC)c(COCc3ccc(F)cc3)c3c1[C@H](C2)N(C)CC3. The largest absolute Gasteiger partial charge is 0.493 e. The van der Waals surface area contributed by atoms with Gasteiger partial charge in [-0.25, -0.2) is 4.39 Å². The topological polar surface area (TPSA) is 71.1 Å². The van der Waals surface area contributed by atoms with Crippen molar-refractivity contribution in [3.05, 3.63) is 129 Å². The van der Waals surface area contributed by atoms with Crippen LogP contribution in [0.1, 0.15) is 56.6 Å². The van der Waals surface area contributed by atoms with Crippen LogP contribution >= 0.6 is 0 Å². The molecule has 4 aliphatic heterocycles. The summed E-state index contributed by atoms with van der Waals surface area (Å²) in [6.45, 7) is 2.28. The zero-order chi connectivity index (χ0) is 38.9. The number of methoxy groups -OCH3 is 4. The van der Waals surface area contributed by atoms with Crippen molar-refractivity contribution in [1.29, 1.82) is 0 Å². The van der Waals surface area contributed by atoms with E-state index in [1.165, 1.54) is 28.8 Å². The van der Waals surface area contributed by atoms with Gasteiger partial charge in [0.25, 0.3) is 0 Å². The zero-order valence-corrected chi connectivity index (χ0v) is 32.9. The second-order valence-electron chi connectivity index (χ2n) is 14.8. The molecule has 0 aromatic heterocycles. The van der Waals surface area contributed by atoms with Crippen molar-refractivity contribution in [2.75, 3.05) is 55.6 Å². The number of likely N-dealkylation sites (N-methyl/N-ethyl adjacent to an activating group) is 2. The maximum Gasteiger partial charge on any atom is 0.204 e. The van der Waals surface area contributed by atoms with Gasteiger partial charge in [-0.2, -0.15) is 0 Å². The summed E-state index contributed by atoms with van der Waals surface area (Å²) in [5.41, 5.74) is 8.58. The van der Waals surface area contributed by atoms with E-state index in [1.807, 2.05) is 18.2 Å². The van der Waals surface area contributed by atoms with Crippen molar-refractivity contribution >= 4 is 0 Å².